The Morgan fingerprint density at radius 3 is 2.53 bits per heavy atom. The number of anilines is 1. The van der Waals surface area contributed by atoms with Crippen molar-refractivity contribution in [3.8, 4) is 0 Å². The molecule has 0 bridgehead atoms. The average Bonchev–Trinajstić information content (AvgIpc) is 2.39. The number of nitro benzene ring substituents is 1. The molecule has 0 aliphatic carbocycles. The lowest BCUT2D eigenvalue weighted by Crippen LogP contribution is -2.04. The van der Waals surface area contributed by atoms with Gasteiger partial charge in [-0.15, -0.1) is 0 Å². The Morgan fingerprint density at radius 2 is 1.89 bits per heavy atom. The third-order valence-corrected chi connectivity index (χ3v) is 2.95. The Balaban J connectivity index is 1.87. The summed E-state index contributed by atoms with van der Waals surface area (Å²) < 4.78 is 0. The number of non-ortho nitro benzene ring substituents is 1. The largest absolute Gasteiger partial charge is 0.385 e. The van der Waals surface area contributed by atoms with Gasteiger partial charge in [0.2, 0.25) is 0 Å². The third kappa shape index (κ3) is 3.96. The van der Waals surface area contributed by atoms with Crippen LogP contribution >= 0.6 is 11.6 Å². The van der Waals surface area contributed by atoms with Crippen LogP contribution in [0.2, 0.25) is 5.02 Å². The molecule has 4 nitrogen and oxygen atoms in total. The number of hydrogen-bond acceptors (Lipinski definition) is 3. The molecule has 98 valence electrons. The summed E-state index contributed by atoms with van der Waals surface area (Å²) in [4.78, 5) is 10.1. The maximum atomic E-state index is 10.5. The highest BCUT2D eigenvalue weighted by Gasteiger charge is 2.03. The molecule has 0 fully saturated rings. The topological polar surface area (TPSA) is 55.2 Å². The van der Waals surface area contributed by atoms with Gasteiger partial charge in [0.1, 0.15) is 0 Å². The van der Waals surface area contributed by atoms with Gasteiger partial charge in [-0.2, -0.15) is 0 Å². The van der Waals surface area contributed by atoms with E-state index in [4.69, 9.17) is 11.6 Å². The molecule has 0 heterocycles. The van der Waals surface area contributed by atoms with Crippen LogP contribution in [0.5, 0.6) is 0 Å². The molecule has 0 radical (unpaired) electrons. The first-order chi connectivity index (χ1) is 9.15. The Morgan fingerprint density at radius 1 is 1.16 bits per heavy atom. The third-order valence-electron chi connectivity index (χ3n) is 2.71. The second-order valence-corrected chi connectivity index (χ2v) is 4.55. The molecule has 0 atom stereocenters. The molecule has 2 aromatic carbocycles. The highest BCUT2D eigenvalue weighted by atomic mass is 35.5. The van der Waals surface area contributed by atoms with Gasteiger partial charge >= 0.3 is 0 Å². The predicted molar refractivity (Wildman–Crippen MR) is 76.7 cm³/mol. The van der Waals surface area contributed by atoms with E-state index in [0.29, 0.717) is 5.02 Å². The summed E-state index contributed by atoms with van der Waals surface area (Å²) in [6.45, 7) is 0.748. The minimum absolute atomic E-state index is 0.117. The molecule has 0 aliphatic rings. The summed E-state index contributed by atoms with van der Waals surface area (Å²) in [6, 6.07) is 14.1. The van der Waals surface area contributed by atoms with E-state index in [1.165, 1.54) is 12.1 Å². The lowest BCUT2D eigenvalue weighted by Gasteiger charge is -2.06. The minimum atomic E-state index is -0.395. The smallest absolute Gasteiger partial charge is 0.269 e. The number of nitrogens with zero attached hydrogens (tertiary/aromatic N) is 1. The average molecular weight is 277 g/mol. The zero-order valence-corrected chi connectivity index (χ0v) is 10.9. The minimum Gasteiger partial charge on any atom is -0.385 e. The van der Waals surface area contributed by atoms with Gasteiger partial charge in [-0.3, -0.25) is 10.1 Å². The van der Waals surface area contributed by atoms with E-state index in [0.717, 1.165) is 24.2 Å². The van der Waals surface area contributed by atoms with Gasteiger partial charge in [0.05, 0.1) is 4.92 Å². The number of rotatable bonds is 5. The number of hydrogen-bond donors (Lipinski definition) is 1. The van der Waals surface area contributed by atoms with Crippen LogP contribution in [0, 0.1) is 10.1 Å². The monoisotopic (exact) mass is 276 g/mol. The van der Waals surface area contributed by atoms with Crippen LogP contribution in [0.1, 0.15) is 5.56 Å². The van der Waals surface area contributed by atoms with Gasteiger partial charge in [-0.1, -0.05) is 29.8 Å². The second kappa shape index (κ2) is 6.20. The van der Waals surface area contributed by atoms with Gasteiger partial charge in [0.15, 0.2) is 0 Å². The van der Waals surface area contributed by atoms with Crippen LogP contribution in [0.25, 0.3) is 0 Å². The van der Waals surface area contributed by atoms with Crippen molar-refractivity contribution in [1.82, 2.24) is 0 Å². The van der Waals surface area contributed by atoms with E-state index < -0.39 is 4.92 Å². The van der Waals surface area contributed by atoms with E-state index in [2.05, 4.69) is 5.32 Å². The zero-order chi connectivity index (χ0) is 13.7. The van der Waals surface area contributed by atoms with E-state index >= 15 is 0 Å². The maximum Gasteiger partial charge on any atom is 0.269 e. The van der Waals surface area contributed by atoms with Gasteiger partial charge in [0.25, 0.3) is 5.69 Å². The Hall–Kier alpha value is -2.07. The summed E-state index contributed by atoms with van der Waals surface area (Å²) in [5, 5.41) is 14.5. The maximum absolute atomic E-state index is 10.5. The molecule has 0 saturated carbocycles. The molecule has 0 aromatic heterocycles. The molecule has 0 saturated heterocycles. The fraction of sp³-hybridized carbons (Fsp3) is 0.143. The lowest BCUT2D eigenvalue weighted by atomic mass is 10.1. The van der Waals surface area contributed by atoms with Gasteiger partial charge in [-0.25, -0.2) is 0 Å². The van der Waals surface area contributed by atoms with Crippen LogP contribution in [-0.2, 0) is 6.42 Å². The van der Waals surface area contributed by atoms with Gasteiger partial charge < -0.3 is 5.32 Å². The summed E-state index contributed by atoms with van der Waals surface area (Å²) in [7, 11) is 0. The fourth-order valence-corrected chi connectivity index (χ4v) is 1.92. The van der Waals surface area contributed by atoms with Crippen LogP contribution in [0.3, 0.4) is 0 Å². The summed E-state index contributed by atoms with van der Waals surface area (Å²) in [5.74, 6) is 0. The molecule has 0 spiro atoms. The standard InChI is InChI=1S/C14H13ClN2O2/c15-12-2-1-3-13(10-12)16-9-8-11-4-6-14(7-5-11)17(18)19/h1-7,10,16H,8-9H2. The van der Waals surface area contributed by atoms with Crippen LogP contribution < -0.4 is 5.32 Å². The quantitative estimate of drug-likeness (QED) is 0.665. The highest BCUT2D eigenvalue weighted by Crippen LogP contribution is 2.15. The predicted octanol–water partition coefficient (Wildman–Crippen LogP) is 3.90. The first-order valence-electron chi connectivity index (χ1n) is 5.88. The van der Waals surface area contributed by atoms with E-state index in [1.54, 1.807) is 12.1 Å². The molecule has 2 rings (SSSR count). The molecular formula is C14H13ClN2O2. The van der Waals surface area contributed by atoms with Crippen LogP contribution in [0.4, 0.5) is 11.4 Å². The van der Waals surface area contributed by atoms with Crippen molar-refractivity contribution >= 4 is 23.0 Å². The number of halogens is 1. The molecule has 0 unspecified atom stereocenters. The van der Waals surface area contributed by atoms with Crippen molar-refractivity contribution in [2.45, 2.75) is 6.42 Å². The number of benzene rings is 2. The summed E-state index contributed by atoms with van der Waals surface area (Å²) in [5.41, 5.74) is 2.14. The van der Waals surface area contributed by atoms with Crippen molar-refractivity contribution in [2.24, 2.45) is 0 Å². The number of nitrogens with one attached hydrogen (secondary N) is 1. The summed E-state index contributed by atoms with van der Waals surface area (Å²) >= 11 is 5.88. The zero-order valence-electron chi connectivity index (χ0n) is 10.2. The first kappa shape index (κ1) is 13.4. The Labute approximate surface area is 116 Å². The molecule has 5 heteroatoms. The van der Waals surface area contributed by atoms with Gasteiger partial charge in [-0.05, 0) is 30.2 Å². The molecular weight excluding hydrogens is 264 g/mol. The van der Waals surface area contributed by atoms with Gasteiger partial charge in [0, 0.05) is 29.4 Å². The molecule has 2 aromatic rings. The van der Waals surface area contributed by atoms with E-state index in [9.17, 15) is 10.1 Å². The Kier molecular flexibility index (Phi) is 4.36. The van der Waals surface area contributed by atoms with E-state index in [1.807, 2.05) is 24.3 Å². The number of nitro groups is 1. The van der Waals surface area contributed by atoms with Crippen molar-refractivity contribution in [1.29, 1.82) is 0 Å². The highest BCUT2D eigenvalue weighted by molar-refractivity contribution is 6.30. The molecule has 1 N–H and O–H groups in total. The van der Waals surface area contributed by atoms with Crippen molar-refractivity contribution in [3.05, 3.63) is 69.2 Å². The fourth-order valence-electron chi connectivity index (χ4n) is 1.73. The molecule has 0 amide bonds. The SMILES string of the molecule is O=[N+]([O-])c1ccc(CCNc2cccc(Cl)c2)cc1. The molecule has 0 aliphatic heterocycles. The van der Waals surface area contributed by atoms with Crippen LogP contribution in [0.15, 0.2) is 48.5 Å². The van der Waals surface area contributed by atoms with Crippen molar-refractivity contribution < 1.29 is 4.92 Å². The second-order valence-electron chi connectivity index (χ2n) is 4.11. The van der Waals surface area contributed by atoms with Crippen molar-refractivity contribution in [3.63, 3.8) is 0 Å². The van der Waals surface area contributed by atoms with Crippen LogP contribution in [-0.4, -0.2) is 11.5 Å². The normalized spacial score (nSPS) is 10.2. The molecule has 19 heavy (non-hydrogen) atoms. The van der Waals surface area contributed by atoms with E-state index in [-0.39, 0.29) is 5.69 Å². The Bertz CT molecular complexity index is 570. The first-order valence-corrected chi connectivity index (χ1v) is 6.26. The summed E-state index contributed by atoms with van der Waals surface area (Å²) in [6.07, 6.45) is 0.796. The van der Waals surface area contributed by atoms with Crippen molar-refractivity contribution in [2.75, 3.05) is 11.9 Å². The lowest BCUT2D eigenvalue weighted by molar-refractivity contribution is -0.384.